The molecule has 16 heteroatoms. The molecular weight excluding hydrogens is 878 g/mol. The molecule has 1 saturated heterocycles. The van der Waals surface area contributed by atoms with Gasteiger partial charge in [0.2, 0.25) is 15.9 Å². The standard InChI is InChI=1S/C48H50ClN3O10S2/c1-34-20-26-41(27-21-34)64(57,58)50-43(19-12-28-51-45(37-15-8-4-9-16-37)46(61-48(51)54)38-17-10-5-11-18-38)47(53)52-30-44(62-63(2,55)56)42(49)33-59-32-39(52)29-35-22-24-40(25-23-35)60-31-36-13-6-3-7-14-36/h3-11,13-18,20-27,39,42-44,50H,12,19,28-33H2,1-2H3/t39-,42-,43-,44+/m0/s1. The number of hydrogen-bond donors (Lipinski definition) is 1. The fraction of sp³-hybridized carbons (Fsp3) is 0.292. The van der Waals surface area contributed by atoms with Crippen molar-refractivity contribution >= 4 is 37.6 Å². The number of nitrogens with one attached hydrogen (secondary N) is 1. The molecule has 336 valence electrons. The average Bonchev–Trinajstić information content (AvgIpc) is 3.62. The van der Waals surface area contributed by atoms with E-state index >= 15 is 4.79 Å². The SMILES string of the molecule is Cc1ccc(S(=O)(=O)N[C@@H](CCCn2c(-c3ccccc3)c(-c3ccccc3)oc2=O)C(=O)N2C[C@@H](OS(C)(=O)=O)[C@@H](Cl)COC[C@@H]2Cc2ccc(OCc3ccccc3)cc2)cc1. The zero-order valence-corrected chi connectivity index (χ0v) is 37.8. The minimum absolute atomic E-state index is 0.00262. The summed E-state index contributed by atoms with van der Waals surface area (Å²) in [5, 5.41) is -0.974. The first-order chi connectivity index (χ1) is 30.7. The second-order valence-electron chi connectivity index (χ2n) is 15.7. The molecule has 1 amide bonds. The average molecular weight is 929 g/mol. The van der Waals surface area contributed by atoms with E-state index in [1.807, 2.05) is 122 Å². The molecule has 6 aromatic rings. The van der Waals surface area contributed by atoms with Gasteiger partial charge in [-0.1, -0.05) is 121 Å². The van der Waals surface area contributed by atoms with Crippen LogP contribution in [0.4, 0.5) is 0 Å². The quantitative estimate of drug-likeness (QED) is 0.0731. The van der Waals surface area contributed by atoms with Crippen LogP contribution >= 0.6 is 11.6 Å². The fourth-order valence-electron chi connectivity index (χ4n) is 7.60. The van der Waals surface area contributed by atoms with Crippen LogP contribution in [0.15, 0.2) is 154 Å². The van der Waals surface area contributed by atoms with Crippen LogP contribution in [0.2, 0.25) is 0 Å². The van der Waals surface area contributed by atoms with Crippen LogP contribution in [0.3, 0.4) is 0 Å². The summed E-state index contributed by atoms with van der Waals surface area (Å²) in [6.07, 6.45) is -0.0316. The molecule has 64 heavy (non-hydrogen) atoms. The van der Waals surface area contributed by atoms with Gasteiger partial charge in [0.05, 0.1) is 48.0 Å². The second-order valence-corrected chi connectivity index (χ2v) is 19.6. The number of rotatable bonds is 17. The summed E-state index contributed by atoms with van der Waals surface area (Å²) in [6, 6.07) is 39.7. The molecule has 5 aromatic carbocycles. The Hall–Kier alpha value is -5.55. The molecular formula is C48H50ClN3O10S2. The summed E-state index contributed by atoms with van der Waals surface area (Å²) in [4.78, 5) is 30.2. The van der Waals surface area contributed by atoms with Crippen molar-refractivity contribution in [3.05, 3.63) is 167 Å². The summed E-state index contributed by atoms with van der Waals surface area (Å²) >= 11 is 6.67. The third-order valence-corrected chi connectivity index (χ3v) is 13.3. The lowest BCUT2D eigenvalue weighted by molar-refractivity contribution is -0.140. The number of oxazole rings is 1. The van der Waals surface area contributed by atoms with Crippen molar-refractivity contribution < 1.29 is 39.7 Å². The number of halogens is 1. The van der Waals surface area contributed by atoms with Crippen molar-refractivity contribution in [2.24, 2.45) is 0 Å². The molecule has 0 spiro atoms. The van der Waals surface area contributed by atoms with Gasteiger partial charge < -0.3 is 18.8 Å². The number of aryl methyl sites for hydroxylation is 1. The molecule has 1 aliphatic heterocycles. The molecule has 4 atom stereocenters. The van der Waals surface area contributed by atoms with E-state index in [0.29, 0.717) is 29.4 Å². The van der Waals surface area contributed by atoms with E-state index in [2.05, 4.69) is 4.72 Å². The van der Waals surface area contributed by atoms with E-state index in [0.717, 1.165) is 28.5 Å². The van der Waals surface area contributed by atoms with Crippen LogP contribution in [0.5, 0.6) is 5.75 Å². The highest BCUT2D eigenvalue weighted by Crippen LogP contribution is 2.32. The lowest BCUT2D eigenvalue weighted by Crippen LogP contribution is -2.58. The van der Waals surface area contributed by atoms with Gasteiger partial charge in [-0.3, -0.25) is 13.5 Å². The van der Waals surface area contributed by atoms with Gasteiger partial charge in [-0.05, 0) is 61.6 Å². The molecule has 2 heterocycles. The third kappa shape index (κ3) is 12.2. The van der Waals surface area contributed by atoms with E-state index < -0.39 is 55.4 Å². The van der Waals surface area contributed by atoms with Gasteiger partial charge in [-0.2, -0.15) is 13.1 Å². The van der Waals surface area contributed by atoms with Crippen molar-refractivity contribution in [1.82, 2.24) is 14.2 Å². The minimum atomic E-state index is -4.31. The van der Waals surface area contributed by atoms with Gasteiger partial charge in [0.1, 0.15) is 24.5 Å². The molecule has 0 radical (unpaired) electrons. The largest absolute Gasteiger partial charge is 0.489 e. The van der Waals surface area contributed by atoms with Crippen LogP contribution in [-0.2, 0) is 53.4 Å². The molecule has 1 aliphatic rings. The number of sulfonamides is 1. The normalized spacial score (nSPS) is 17.6. The zero-order valence-electron chi connectivity index (χ0n) is 35.4. The molecule has 7 rings (SSSR count). The lowest BCUT2D eigenvalue weighted by atomic mass is 10.0. The molecule has 0 bridgehead atoms. The topological polar surface area (TPSA) is 163 Å². The van der Waals surface area contributed by atoms with Crippen LogP contribution in [0.25, 0.3) is 22.6 Å². The molecule has 1 N–H and O–H groups in total. The van der Waals surface area contributed by atoms with Crippen LogP contribution in [0, 0.1) is 6.92 Å². The first-order valence-electron chi connectivity index (χ1n) is 20.8. The second kappa shape index (κ2) is 21.0. The maximum Gasteiger partial charge on any atom is 0.419 e. The maximum atomic E-state index is 15.2. The van der Waals surface area contributed by atoms with Gasteiger partial charge in [0, 0.05) is 17.7 Å². The number of carbonyl (C=O) groups is 1. The zero-order chi connectivity index (χ0) is 45.3. The number of benzene rings is 5. The highest BCUT2D eigenvalue weighted by molar-refractivity contribution is 7.89. The lowest BCUT2D eigenvalue weighted by Gasteiger charge is -2.39. The van der Waals surface area contributed by atoms with Crippen molar-refractivity contribution in [3.8, 4) is 28.3 Å². The van der Waals surface area contributed by atoms with Crippen LogP contribution < -0.4 is 15.2 Å². The first kappa shape index (κ1) is 46.4. The Bertz CT molecular complexity index is 2750. The van der Waals surface area contributed by atoms with Crippen LogP contribution in [-0.4, -0.2) is 81.8 Å². The molecule has 1 fully saturated rings. The predicted molar refractivity (Wildman–Crippen MR) is 245 cm³/mol. The third-order valence-electron chi connectivity index (χ3n) is 10.8. The van der Waals surface area contributed by atoms with Crippen molar-refractivity contribution in [1.29, 1.82) is 0 Å². The fourth-order valence-corrected chi connectivity index (χ4v) is 9.74. The van der Waals surface area contributed by atoms with Gasteiger partial charge in [-0.25, -0.2) is 13.2 Å². The summed E-state index contributed by atoms with van der Waals surface area (Å²) in [6.45, 7) is 1.90. The molecule has 0 unspecified atom stereocenters. The number of ether oxygens (including phenoxy) is 2. The van der Waals surface area contributed by atoms with Gasteiger partial charge in [0.25, 0.3) is 10.1 Å². The van der Waals surface area contributed by atoms with E-state index in [1.54, 1.807) is 12.1 Å². The highest BCUT2D eigenvalue weighted by Gasteiger charge is 2.39. The van der Waals surface area contributed by atoms with Gasteiger partial charge in [0.15, 0.2) is 5.76 Å². The summed E-state index contributed by atoms with van der Waals surface area (Å²) in [5.41, 5.74) is 4.61. The number of amides is 1. The van der Waals surface area contributed by atoms with Gasteiger partial charge >= 0.3 is 5.76 Å². The summed E-state index contributed by atoms with van der Waals surface area (Å²) in [5.74, 6) is -0.272. The van der Waals surface area contributed by atoms with Gasteiger partial charge in [-0.15, -0.1) is 11.6 Å². The van der Waals surface area contributed by atoms with Crippen molar-refractivity contribution in [3.63, 3.8) is 0 Å². The predicted octanol–water partition coefficient (Wildman–Crippen LogP) is 7.21. The molecule has 0 saturated carbocycles. The van der Waals surface area contributed by atoms with E-state index in [4.69, 9.17) is 29.7 Å². The maximum absolute atomic E-state index is 15.2. The summed E-state index contributed by atoms with van der Waals surface area (Å²) < 4.78 is 80.7. The summed E-state index contributed by atoms with van der Waals surface area (Å²) in [7, 11) is -8.37. The van der Waals surface area contributed by atoms with E-state index in [9.17, 15) is 21.6 Å². The Labute approximate surface area is 378 Å². The van der Waals surface area contributed by atoms with E-state index in [1.165, 1.54) is 21.6 Å². The van der Waals surface area contributed by atoms with Crippen molar-refractivity contribution in [2.45, 2.75) is 67.8 Å². The smallest absolute Gasteiger partial charge is 0.419 e. The Morgan fingerprint density at radius 2 is 1.44 bits per heavy atom. The minimum Gasteiger partial charge on any atom is -0.489 e. The Kier molecular flexibility index (Phi) is 15.2. The molecule has 0 aliphatic carbocycles. The van der Waals surface area contributed by atoms with Crippen molar-refractivity contribution in [2.75, 3.05) is 26.0 Å². The monoisotopic (exact) mass is 927 g/mol. The Morgan fingerprint density at radius 1 is 0.812 bits per heavy atom. The number of nitrogens with zero attached hydrogens (tertiary/aromatic N) is 2. The number of hydrogen-bond acceptors (Lipinski definition) is 10. The molecule has 13 nitrogen and oxygen atoms in total. The number of carbonyl (C=O) groups excluding carboxylic acids is 1. The van der Waals surface area contributed by atoms with E-state index in [-0.39, 0.29) is 50.5 Å². The number of alkyl halides is 1. The van der Waals surface area contributed by atoms with Crippen LogP contribution in [0.1, 0.15) is 29.5 Å². The number of aromatic nitrogens is 1. The highest BCUT2D eigenvalue weighted by atomic mass is 35.5. The Morgan fingerprint density at radius 3 is 2.08 bits per heavy atom. The first-order valence-corrected chi connectivity index (χ1v) is 24.6. The Balaban J connectivity index is 1.21. The molecule has 1 aromatic heterocycles.